The number of pyridine rings is 2. The Labute approximate surface area is 614 Å². The second-order valence-electron chi connectivity index (χ2n) is 27.8. The molecule has 0 fully saturated rings. The summed E-state index contributed by atoms with van der Waals surface area (Å²) in [4.78, 5) is 11.1. The molecular formula is C98H58N6S2. The van der Waals surface area contributed by atoms with Gasteiger partial charge in [0, 0.05) is 102 Å². The van der Waals surface area contributed by atoms with Crippen LogP contribution in [0, 0.1) is 0 Å². The first-order valence-electron chi connectivity index (χ1n) is 36.1. The van der Waals surface area contributed by atoms with Crippen molar-refractivity contribution in [2.75, 3.05) is 0 Å². The van der Waals surface area contributed by atoms with Gasteiger partial charge in [0.2, 0.25) is 0 Å². The molecule has 0 saturated carbocycles. The SMILES string of the molecule is c1ccc(-n2c3ccccc3c3cc(-c4ccc5c(c4)c4ccccc4n5-c4nc5c6ccccc6c6ccccc6c5c5c4sc4ccccc45)ccc32)cc1.c1ccc(-n2c3ccccc3c3cc(-c4ccc5c(c4)c4ccccc4n5-c4nc5ccccc5c5c4sc4ccccc45)ccc32)cc1. The number of hydrogen-bond acceptors (Lipinski definition) is 4. The molecule has 0 radical (unpaired) electrons. The summed E-state index contributed by atoms with van der Waals surface area (Å²) < 4.78 is 14.5. The summed E-state index contributed by atoms with van der Waals surface area (Å²) >= 11 is 3.68. The smallest absolute Gasteiger partial charge is 0.156 e. The average molecular weight is 1380 g/mol. The molecule has 0 atom stereocenters. The first kappa shape index (κ1) is 59.1. The van der Waals surface area contributed by atoms with Crippen LogP contribution in [-0.2, 0) is 0 Å². The Morgan fingerprint density at radius 3 is 0.972 bits per heavy atom. The highest BCUT2D eigenvalue weighted by molar-refractivity contribution is 7.27. The minimum absolute atomic E-state index is 0.980. The number of nitrogens with zero attached hydrogens (tertiary/aromatic N) is 6. The third kappa shape index (κ3) is 8.65. The van der Waals surface area contributed by atoms with Gasteiger partial charge in [-0.1, -0.05) is 237 Å². The molecule has 8 heteroatoms. The summed E-state index contributed by atoms with van der Waals surface area (Å²) in [7, 11) is 0. The van der Waals surface area contributed by atoms with E-state index in [1.807, 2.05) is 22.7 Å². The van der Waals surface area contributed by atoms with E-state index in [-0.39, 0.29) is 0 Å². The summed E-state index contributed by atoms with van der Waals surface area (Å²) in [5, 5.41) is 22.4. The highest BCUT2D eigenvalue weighted by Gasteiger charge is 2.26. The van der Waals surface area contributed by atoms with E-state index < -0.39 is 0 Å². The predicted molar refractivity (Wildman–Crippen MR) is 453 cm³/mol. The van der Waals surface area contributed by atoms with Gasteiger partial charge in [0.15, 0.2) is 11.6 Å². The van der Waals surface area contributed by atoms with Crippen LogP contribution in [0.2, 0.25) is 0 Å². The molecule has 0 aliphatic carbocycles. The van der Waals surface area contributed by atoms with E-state index in [1.54, 1.807) is 0 Å². The van der Waals surface area contributed by atoms with Gasteiger partial charge in [-0.15, -0.1) is 22.7 Å². The summed E-state index contributed by atoms with van der Waals surface area (Å²) in [6, 6.07) is 128. The maximum Gasteiger partial charge on any atom is 0.156 e. The van der Waals surface area contributed by atoms with Gasteiger partial charge in [0.1, 0.15) is 0 Å². The van der Waals surface area contributed by atoms with Crippen LogP contribution in [0.25, 0.3) is 216 Å². The van der Waals surface area contributed by atoms with Gasteiger partial charge >= 0.3 is 0 Å². The molecular weight excluding hydrogens is 1330 g/mol. The number of benzene rings is 16. The number of thiophene rings is 2. The van der Waals surface area contributed by atoms with Crippen molar-refractivity contribution in [2.24, 2.45) is 0 Å². The van der Waals surface area contributed by atoms with Crippen LogP contribution in [0.4, 0.5) is 0 Å². The zero-order valence-electron chi connectivity index (χ0n) is 57.0. The lowest BCUT2D eigenvalue weighted by molar-refractivity contribution is 1.12. The molecule has 8 heterocycles. The molecule has 0 spiro atoms. The van der Waals surface area contributed by atoms with E-state index in [2.05, 4.69) is 370 Å². The summed E-state index contributed by atoms with van der Waals surface area (Å²) in [6.45, 7) is 0. The first-order valence-corrected chi connectivity index (χ1v) is 37.7. The normalized spacial score (nSPS) is 12.2. The van der Waals surface area contributed by atoms with Crippen molar-refractivity contribution in [1.29, 1.82) is 0 Å². The van der Waals surface area contributed by atoms with Crippen molar-refractivity contribution in [2.45, 2.75) is 0 Å². The molecule has 24 rings (SSSR count). The quantitative estimate of drug-likeness (QED) is 0.156. The molecule has 0 aliphatic rings. The van der Waals surface area contributed by atoms with Crippen LogP contribution < -0.4 is 0 Å². The minimum Gasteiger partial charge on any atom is -0.309 e. The molecule has 0 aliphatic heterocycles. The van der Waals surface area contributed by atoms with Crippen molar-refractivity contribution in [3.8, 4) is 45.3 Å². The molecule has 0 saturated heterocycles. The zero-order valence-corrected chi connectivity index (χ0v) is 58.6. The summed E-state index contributed by atoms with van der Waals surface area (Å²) in [5.41, 5.74) is 18.7. The fraction of sp³-hybridized carbons (Fsp3) is 0. The number of fused-ring (bicyclic) bond motifs is 27. The van der Waals surface area contributed by atoms with Crippen LogP contribution in [0.3, 0.4) is 0 Å². The molecule has 492 valence electrons. The Kier molecular flexibility index (Phi) is 12.8. The number of para-hydroxylation sites is 7. The molecule has 6 nitrogen and oxygen atoms in total. The maximum atomic E-state index is 5.76. The first-order chi connectivity index (χ1) is 52.6. The third-order valence-electron chi connectivity index (χ3n) is 22.2. The largest absolute Gasteiger partial charge is 0.309 e. The molecule has 106 heavy (non-hydrogen) atoms. The average Bonchev–Trinajstić information content (AvgIpc) is 1.47. The third-order valence-corrected chi connectivity index (χ3v) is 24.5. The second-order valence-corrected chi connectivity index (χ2v) is 29.9. The fourth-order valence-electron chi connectivity index (χ4n) is 17.6. The Balaban J connectivity index is 0.000000130. The van der Waals surface area contributed by atoms with E-state index >= 15 is 0 Å². The maximum absolute atomic E-state index is 5.76. The van der Waals surface area contributed by atoms with Crippen molar-refractivity contribution in [3.05, 3.63) is 352 Å². The van der Waals surface area contributed by atoms with Crippen molar-refractivity contribution >= 4 is 194 Å². The highest BCUT2D eigenvalue weighted by atomic mass is 32.1. The predicted octanol–water partition coefficient (Wildman–Crippen LogP) is 27.2. The van der Waals surface area contributed by atoms with Gasteiger partial charge in [-0.25, -0.2) is 9.97 Å². The highest BCUT2D eigenvalue weighted by Crippen LogP contribution is 2.49. The lowest BCUT2D eigenvalue weighted by Crippen LogP contribution is -1.99. The molecule has 8 aromatic heterocycles. The molecule has 0 N–H and O–H groups in total. The van der Waals surface area contributed by atoms with Gasteiger partial charge < -0.3 is 9.13 Å². The molecule has 0 bridgehead atoms. The van der Waals surface area contributed by atoms with Crippen molar-refractivity contribution in [1.82, 2.24) is 28.2 Å². The number of aromatic nitrogens is 6. The van der Waals surface area contributed by atoms with E-state index in [0.29, 0.717) is 0 Å². The molecule has 0 unspecified atom stereocenters. The lowest BCUT2D eigenvalue weighted by atomic mass is 9.94. The van der Waals surface area contributed by atoms with Crippen LogP contribution >= 0.6 is 22.7 Å². The fourth-order valence-corrected chi connectivity index (χ4v) is 20.0. The van der Waals surface area contributed by atoms with E-state index in [1.165, 1.54) is 171 Å². The van der Waals surface area contributed by atoms with Crippen LogP contribution in [0.15, 0.2) is 352 Å². The number of hydrogen-bond donors (Lipinski definition) is 0. The topological polar surface area (TPSA) is 45.5 Å². The van der Waals surface area contributed by atoms with Crippen molar-refractivity contribution in [3.63, 3.8) is 0 Å². The van der Waals surface area contributed by atoms with Gasteiger partial charge in [-0.3, -0.25) is 9.13 Å². The summed E-state index contributed by atoms with van der Waals surface area (Å²) in [6.07, 6.45) is 0. The molecule has 24 aromatic rings. The Morgan fingerprint density at radius 1 is 0.198 bits per heavy atom. The molecule has 0 amide bonds. The van der Waals surface area contributed by atoms with E-state index in [4.69, 9.17) is 9.97 Å². The zero-order chi connectivity index (χ0) is 69.2. The second kappa shape index (κ2) is 23.0. The molecule has 16 aromatic carbocycles. The monoisotopic (exact) mass is 1380 g/mol. The van der Waals surface area contributed by atoms with Crippen LogP contribution in [0.5, 0.6) is 0 Å². The van der Waals surface area contributed by atoms with Gasteiger partial charge in [0.25, 0.3) is 0 Å². The Hall–Kier alpha value is -13.5. The lowest BCUT2D eigenvalue weighted by Gasteiger charge is -2.15. The Bertz CT molecular complexity index is 7840. The standard InChI is InChI=1S/C53H31N3S.C45H27N3S/c1-2-14-34(15-3-1)55-44-23-11-8-18-37(44)42-30-32(26-28-46(42)55)33-27-29-47-43(31-33)38-19-9-12-24-45(38)56(47)53-52-50(41-22-10-13-25-48(41)57-52)49-39-20-6-4-16-35(39)36-17-5-7-21-40(36)51(49)54-53;1-2-12-30(13-3-1)47-38-19-9-5-14-31(38)35-26-28(22-24-40(35)47)29-23-25-41-36(27-29)32-15-6-10-20-39(32)48(41)45-44-43(33-16-4-8-18-37(33)46-45)34-17-7-11-21-42(34)49-44/h1-31H;1-27H. The van der Waals surface area contributed by atoms with Crippen molar-refractivity contribution < 1.29 is 0 Å². The van der Waals surface area contributed by atoms with Crippen LogP contribution in [-0.4, -0.2) is 28.2 Å². The van der Waals surface area contributed by atoms with E-state index in [9.17, 15) is 0 Å². The van der Waals surface area contributed by atoms with Gasteiger partial charge in [-0.2, -0.15) is 0 Å². The van der Waals surface area contributed by atoms with E-state index in [0.717, 1.165) is 44.7 Å². The summed E-state index contributed by atoms with van der Waals surface area (Å²) in [5.74, 6) is 1.97. The Morgan fingerprint density at radius 2 is 0.509 bits per heavy atom. The number of rotatable bonds is 6. The minimum atomic E-state index is 0.980. The van der Waals surface area contributed by atoms with Gasteiger partial charge in [-0.05, 0) is 154 Å². The van der Waals surface area contributed by atoms with Gasteiger partial charge in [0.05, 0.1) is 64.6 Å². The van der Waals surface area contributed by atoms with Crippen LogP contribution in [0.1, 0.15) is 0 Å².